The molecule has 0 bridgehead atoms. The van der Waals surface area contributed by atoms with Crippen LogP contribution in [0.5, 0.6) is 0 Å². The van der Waals surface area contributed by atoms with E-state index in [2.05, 4.69) is 32.0 Å². The first-order valence-corrected chi connectivity index (χ1v) is 5.21. The lowest BCUT2D eigenvalue weighted by Crippen LogP contribution is -2.19. The summed E-state index contributed by atoms with van der Waals surface area (Å²) >= 11 is 0. The standard InChI is InChI=1S/C11H21N/c1-4-5-6-7-11(3)8-10(2)9-12-11/h9-10H,4-8H2,1-3H3. The summed E-state index contributed by atoms with van der Waals surface area (Å²) in [6.45, 7) is 6.81. The van der Waals surface area contributed by atoms with E-state index in [0.717, 1.165) is 0 Å². The van der Waals surface area contributed by atoms with Crippen LogP contribution in [0.3, 0.4) is 0 Å². The van der Waals surface area contributed by atoms with Crippen molar-refractivity contribution in [2.24, 2.45) is 10.9 Å². The van der Waals surface area contributed by atoms with E-state index >= 15 is 0 Å². The van der Waals surface area contributed by atoms with Crippen LogP contribution >= 0.6 is 0 Å². The average molecular weight is 167 g/mol. The highest BCUT2D eigenvalue weighted by atomic mass is 14.9. The molecule has 0 aliphatic carbocycles. The molecule has 1 rings (SSSR count). The summed E-state index contributed by atoms with van der Waals surface area (Å²) < 4.78 is 0. The van der Waals surface area contributed by atoms with E-state index in [4.69, 9.17) is 0 Å². The van der Waals surface area contributed by atoms with Gasteiger partial charge in [-0.1, -0.05) is 33.1 Å². The third kappa shape index (κ3) is 2.62. The SMILES string of the molecule is CCCCCC1(C)CC(C)C=N1. The lowest BCUT2D eigenvalue weighted by Gasteiger charge is -2.20. The van der Waals surface area contributed by atoms with Gasteiger partial charge in [0, 0.05) is 6.21 Å². The molecule has 0 radical (unpaired) electrons. The Bertz CT molecular complexity index is 162. The molecule has 70 valence electrons. The van der Waals surface area contributed by atoms with Gasteiger partial charge < -0.3 is 0 Å². The molecule has 0 aromatic rings. The molecule has 0 fully saturated rings. The van der Waals surface area contributed by atoms with E-state index in [1.54, 1.807) is 0 Å². The number of hydrogen-bond donors (Lipinski definition) is 0. The number of unbranched alkanes of at least 4 members (excludes halogenated alkanes) is 2. The molecule has 1 aliphatic rings. The number of rotatable bonds is 4. The minimum atomic E-state index is 0.286. The monoisotopic (exact) mass is 167 g/mol. The van der Waals surface area contributed by atoms with Crippen LogP contribution in [-0.4, -0.2) is 11.8 Å². The highest BCUT2D eigenvalue weighted by molar-refractivity contribution is 5.63. The lowest BCUT2D eigenvalue weighted by atomic mass is 9.89. The third-order valence-electron chi connectivity index (χ3n) is 2.72. The van der Waals surface area contributed by atoms with Gasteiger partial charge in [-0.05, 0) is 25.7 Å². The fourth-order valence-electron chi connectivity index (χ4n) is 2.03. The average Bonchev–Trinajstić information content (AvgIpc) is 2.32. The zero-order valence-electron chi connectivity index (χ0n) is 8.64. The molecule has 1 heteroatoms. The number of nitrogens with zero attached hydrogens (tertiary/aromatic N) is 1. The van der Waals surface area contributed by atoms with Gasteiger partial charge in [-0.2, -0.15) is 0 Å². The quantitative estimate of drug-likeness (QED) is 0.569. The van der Waals surface area contributed by atoms with Gasteiger partial charge in [0.1, 0.15) is 0 Å². The first-order valence-electron chi connectivity index (χ1n) is 5.21. The Kier molecular flexibility index (Phi) is 3.30. The summed E-state index contributed by atoms with van der Waals surface area (Å²) in [7, 11) is 0. The van der Waals surface area contributed by atoms with Crippen LogP contribution in [0.25, 0.3) is 0 Å². The van der Waals surface area contributed by atoms with Crippen molar-refractivity contribution >= 4 is 6.21 Å². The van der Waals surface area contributed by atoms with Gasteiger partial charge in [0.15, 0.2) is 0 Å². The van der Waals surface area contributed by atoms with Gasteiger partial charge in [-0.15, -0.1) is 0 Å². The summed E-state index contributed by atoms with van der Waals surface area (Å²) in [5.74, 6) is 0.705. The minimum absolute atomic E-state index is 0.286. The van der Waals surface area contributed by atoms with Crippen molar-refractivity contribution in [1.82, 2.24) is 0 Å². The van der Waals surface area contributed by atoms with E-state index in [1.807, 2.05) is 0 Å². The Morgan fingerprint density at radius 3 is 2.75 bits per heavy atom. The second kappa shape index (κ2) is 4.06. The number of aliphatic imine (C=N–C) groups is 1. The third-order valence-corrected chi connectivity index (χ3v) is 2.72. The predicted octanol–water partition coefficient (Wildman–Crippen LogP) is 3.44. The maximum absolute atomic E-state index is 4.60. The van der Waals surface area contributed by atoms with Crippen molar-refractivity contribution in [3.05, 3.63) is 0 Å². The summed E-state index contributed by atoms with van der Waals surface area (Å²) in [5, 5.41) is 0. The summed E-state index contributed by atoms with van der Waals surface area (Å²) in [5.41, 5.74) is 0.286. The van der Waals surface area contributed by atoms with E-state index in [-0.39, 0.29) is 5.54 Å². The van der Waals surface area contributed by atoms with Gasteiger partial charge in [0.05, 0.1) is 5.54 Å². The van der Waals surface area contributed by atoms with Crippen LogP contribution in [0.15, 0.2) is 4.99 Å². The second-order valence-electron chi connectivity index (χ2n) is 4.41. The van der Waals surface area contributed by atoms with Crippen LogP contribution in [0.4, 0.5) is 0 Å². The maximum atomic E-state index is 4.60. The molecule has 2 unspecified atom stereocenters. The fourth-order valence-corrected chi connectivity index (χ4v) is 2.03. The van der Waals surface area contributed by atoms with Crippen molar-refractivity contribution < 1.29 is 0 Å². The molecule has 0 amide bonds. The Hall–Kier alpha value is -0.330. The van der Waals surface area contributed by atoms with Gasteiger partial charge in [0.2, 0.25) is 0 Å². The van der Waals surface area contributed by atoms with Crippen LogP contribution in [0.2, 0.25) is 0 Å². The van der Waals surface area contributed by atoms with Crippen molar-refractivity contribution in [3.8, 4) is 0 Å². The summed E-state index contributed by atoms with van der Waals surface area (Å²) in [6.07, 6.45) is 8.69. The van der Waals surface area contributed by atoms with Crippen molar-refractivity contribution in [3.63, 3.8) is 0 Å². The molecule has 2 atom stereocenters. The molecule has 0 N–H and O–H groups in total. The highest BCUT2D eigenvalue weighted by Gasteiger charge is 2.28. The molecule has 0 spiro atoms. The van der Waals surface area contributed by atoms with Crippen LogP contribution < -0.4 is 0 Å². The van der Waals surface area contributed by atoms with E-state index in [9.17, 15) is 0 Å². The van der Waals surface area contributed by atoms with Gasteiger partial charge in [0.25, 0.3) is 0 Å². The van der Waals surface area contributed by atoms with Crippen LogP contribution in [-0.2, 0) is 0 Å². The van der Waals surface area contributed by atoms with Gasteiger partial charge in [-0.3, -0.25) is 4.99 Å². The normalized spacial score (nSPS) is 34.4. The Balaban J connectivity index is 2.26. The van der Waals surface area contributed by atoms with Crippen molar-refractivity contribution in [1.29, 1.82) is 0 Å². The first-order chi connectivity index (χ1) is 5.66. The molecule has 0 saturated carbocycles. The van der Waals surface area contributed by atoms with Crippen molar-refractivity contribution in [2.45, 2.75) is 58.4 Å². The molecular formula is C11H21N. The molecule has 0 aromatic heterocycles. The smallest absolute Gasteiger partial charge is 0.0582 e. The van der Waals surface area contributed by atoms with E-state index in [1.165, 1.54) is 32.1 Å². The lowest BCUT2D eigenvalue weighted by molar-refractivity contribution is 0.390. The molecule has 1 aliphatic heterocycles. The number of hydrogen-bond acceptors (Lipinski definition) is 1. The minimum Gasteiger partial charge on any atom is -0.291 e. The fraction of sp³-hybridized carbons (Fsp3) is 0.909. The predicted molar refractivity (Wildman–Crippen MR) is 54.8 cm³/mol. The zero-order chi connectivity index (χ0) is 9.03. The molecular weight excluding hydrogens is 146 g/mol. The second-order valence-corrected chi connectivity index (χ2v) is 4.41. The Morgan fingerprint density at radius 2 is 2.25 bits per heavy atom. The Morgan fingerprint density at radius 1 is 1.50 bits per heavy atom. The van der Waals surface area contributed by atoms with E-state index < -0.39 is 0 Å². The van der Waals surface area contributed by atoms with Crippen LogP contribution in [0, 0.1) is 5.92 Å². The van der Waals surface area contributed by atoms with Crippen molar-refractivity contribution in [2.75, 3.05) is 0 Å². The highest BCUT2D eigenvalue weighted by Crippen LogP contribution is 2.31. The van der Waals surface area contributed by atoms with Crippen LogP contribution in [0.1, 0.15) is 52.9 Å². The van der Waals surface area contributed by atoms with Gasteiger partial charge in [-0.25, -0.2) is 0 Å². The van der Waals surface area contributed by atoms with E-state index in [0.29, 0.717) is 5.92 Å². The molecule has 0 saturated heterocycles. The summed E-state index contributed by atoms with van der Waals surface area (Å²) in [4.78, 5) is 4.60. The zero-order valence-corrected chi connectivity index (χ0v) is 8.64. The molecule has 12 heavy (non-hydrogen) atoms. The summed E-state index contributed by atoms with van der Waals surface area (Å²) in [6, 6.07) is 0. The van der Waals surface area contributed by atoms with Gasteiger partial charge >= 0.3 is 0 Å². The Labute approximate surface area is 76.3 Å². The first kappa shape index (κ1) is 9.76. The topological polar surface area (TPSA) is 12.4 Å². The molecule has 1 nitrogen and oxygen atoms in total. The molecule has 1 heterocycles. The largest absolute Gasteiger partial charge is 0.291 e. The molecule has 0 aromatic carbocycles. The maximum Gasteiger partial charge on any atom is 0.0582 e.